The summed E-state index contributed by atoms with van der Waals surface area (Å²) in [5.41, 5.74) is 3.51. The van der Waals surface area contributed by atoms with E-state index < -0.39 is 30.1 Å². The molecule has 0 unspecified atom stereocenters. The Morgan fingerprint density at radius 3 is 2.23 bits per heavy atom. The average Bonchev–Trinajstić information content (AvgIpc) is 3.08. The molecule has 1 atom stereocenters. The number of ether oxygens (including phenoxy) is 1. The van der Waals surface area contributed by atoms with Crippen molar-refractivity contribution in [2.75, 3.05) is 7.11 Å². The van der Waals surface area contributed by atoms with Crippen LogP contribution < -0.4 is 15.6 Å². The van der Waals surface area contributed by atoms with E-state index in [-0.39, 0.29) is 11.5 Å². The summed E-state index contributed by atoms with van der Waals surface area (Å²) in [6.07, 6.45) is 1.33. The fraction of sp³-hybridized carbons (Fsp3) is 0.500. The van der Waals surface area contributed by atoms with E-state index in [4.69, 9.17) is 14.0 Å². The van der Waals surface area contributed by atoms with Gasteiger partial charge in [-0.05, 0) is 76.2 Å². The lowest BCUT2D eigenvalue weighted by Crippen LogP contribution is -2.56. The third-order valence-electron chi connectivity index (χ3n) is 7.86. The van der Waals surface area contributed by atoms with Crippen molar-refractivity contribution in [3.63, 3.8) is 0 Å². The average molecular weight is 536 g/mol. The molecule has 1 aliphatic rings. The van der Waals surface area contributed by atoms with Gasteiger partial charge in [0.2, 0.25) is 0 Å². The Morgan fingerprint density at radius 2 is 1.72 bits per heavy atom. The van der Waals surface area contributed by atoms with Crippen LogP contribution in [0.3, 0.4) is 0 Å². The van der Waals surface area contributed by atoms with Crippen LogP contribution in [0.5, 0.6) is 5.75 Å². The Kier molecular flexibility index (Phi) is 8.68. The van der Waals surface area contributed by atoms with Gasteiger partial charge in [0.1, 0.15) is 12.0 Å². The molecule has 1 aliphatic heterocycles. The minimum Gasteiger partial charge on any atom is -0.496 e. The molecule has 1 fully saturated rings. The van der Waals surface area contributed by atoms with E-state index in [0.29, 0.717) is 39.9 Å². The molecule has 2 amide bonds. The fourth-order valence-electron chi connectivity index (χ4n) is 4.83. The van der Waals surface area contributed by atoms with Gasteiger partial charge in [0.05, 0.1) is 24.4 Å². The zero-order valence-corrected chi connectivity index (χ0v) is 24.8. The number of hydrazine groups is 1. The number of amides is 2. The fourth-order valence-corrected chi connectivity index (χ4v) is 4.83. The summed E-state index contributed by atoms with van der Waals surface area (Å²) in [4.78, 5) is 39.5. The van der Waals surface area contributed by atoms with Crippen LogP contribution >= 0.6 is 0 Å². The molecule has 8 nitrogen and oxygen atoms in total. The molecule has 3 rings (SSSR count). The highest BCUT2D eigenvalue weighted by Gasteiger charge is 2.52. The van der Waals surface area contributed by atoms with Crippen molar-refractivity contribution in [3.8, 4) is 5.75 Å². The van der Waals surface area contributed by atoms with Crippen LogP contribution in [-0.4, -0.2) is 54.6 Å². The van der Waals surface area contributed by atoms with E-state index in [1.165, 1.54) is 5.01 Å². The Labute approximate surface area is 232 Å². The maximum atomic E-state index is 14.1. The lowest BCUT2D eigenvalue weighted by atomic mass is 9.75. The van der Waals surface area contributed by atoms with Gasteiger partial charge in [0, 0.05) is 22.3 Å². The van der Waals surface area contributed by atoms with Crippen molar-refractivity contribution in [3.05, 3.63) is 58.7 Å². The Hall–Kier alpha value is -3.17. The molecular formula is C30H41BN2O6. The van der Waals surface area contributed by atoms with Gasteiger partial charge in [-0.25, -0.2) is 5.01 Å². The smallest absolute Gasteiger partial charge is 0.495 e. The van der Waals surface area contributed by atoms with Gasteiger partial charge in [0.25, 0.3) is 11.8 Å². The molecule has 0 aliphatic carbocycles. The molecular weight excluding hydrogens is 495 g/mol. The van der Waals surface area contributed by atoms with Crippen LogP contribution in [0, 0.1) is 12.3 Å². The normalized spacial score (nSPS) is 16.9. The summed E-state index contributed by atoms with van der Waals surface area (Å²) < 4.78 is 17.7. The third kappa shape index (κ3) is 6.04. The van der Waals surface area contributed by atoms with Gasteiger partial charge in [0.15, 0.2) is 0 Å². The first-order chi connectivity index (χ1) is 18.1. The second-order valence-electron chi connectivity index (χ2n) is 12.1. The van der Waals surface area contributed by atoms with Crippen LogP contribution in [0.4, 0.5) is 0 Å². The van der Waals surface area contributed by atoms with E-state index in [9.17, 15) is 14.4 Å². The number of hydrogen-bond donors (Lipinski definition) is 1. The molecule has 9 heteroatoms. The van der Waals surface area contributed by atoms with Crippen LogP contribution in [0.25, 0.3) is 0 Å². The highest BCUT2D eigenvalue weighted by molar-refractivity contribution is 6.63. The van der Waals surface area contributed by atoms with E-state index in [1.54, 1.807) is 50.4 Å². The lowest BCUT2D eigenvalue weighted by molar-refractivity contribution is 0.00578. The predicted octanol–water partition coefficient (Wildman–Crippen LogP) is 4.73. The van der Waals surface area contributed by atoms with E-state index in [0.717, 1.165) is 6.29 Å². The molecule has 0 saturated carbocycles. The van der Waals surface area contributed by atoms with Crippen LogP contribution in [0.15, 0.2) is 36.4 Å². The number of aldehydes is 1. The quantitative estimate of drug-likeness (QED) is 0.313. The molecule has 0 aromatic heterocycles. The summed E-state index contributed by atoms with van der Waals surface area (Å²) in [5.74, 6) is -0.237. The number of nitrogens with one attached hydrogen (secondary N) is 1. The van der Waals surface area contributed by atoms with Gasteiger partial charge in [-0.3, -0.25) is 19.8 Å². The summed E-state index contributed by atoms with van der Waals surface area (Å²) in [7, 11) is 0.725. The summed E-state index contributed by atoms with van der Waals surface area (Å²) in [6, 6.07) is 9.69. The van der Waals surface area contributed by atoms with Crippen LogP contribution in [-0.2, 0) is 9.31 Å². The number of hydrogen-bond acceptors (Lipinski definition) is 6. The molecule has 1 heterocycles. The minimum absolute atomic E-state index is 0.302. The van der Waals surface area contributed by atoms with E-state index >= 15 is 0 Å². The maximum Gasteiger partial charge on any atom is 0.495 e. The van der Waals surface area contributed by atoms with Gasteiger partial charge in [-0.1, -0.05) is 39.8 Å². The monoisotopic (exact) mass is 536 g/mol. The molecule has 1 N–H and O–H groups in total. The molecule has 2 aromatic rings. The molecule has 1 saturated heterocycles. The first kappa shape index (κ1) is 30.4. The molecule has 0 spiro atoms. The van der Waals surface area contributed by atoms with Crippen molar-refractivity contribution < 1.29 is 28.4 Å². The highest BCUT2D eigenvalue weighted by atomic mass is 16.7. The molecule has 39 heavy (non-hydrogen) atoms. The number of benzene rings is 2. The molecule has 0 bridgehead atoms. The first-order valence-electron chi connectivity index (χ1n) is 13.3. The summed E-state index contributed by atoms with van der Waals surface area (Å²) in [5, 5.41) is 1.41. The minimum atomic E-state index is -0.824. The molecule has 0 radical (unpaired) electrons. The van der Waals surface area contributed by atoms with Crippen molar-refractivity contribution in [1.82, 2.24) is 10.4 Å². The van der Waals surface area contributed by atoms with Gasteiger partial charge in [-0.15, -0.1) is 0 Å². The van der Waals surface area contributed by atoms with Crippen molar-refractivity contribution in [2.45, 2.75) is 86.0 Å². The zero-order valence-electron chi connectivity index (χ0n) is 24.8. The SMILES string of the molecule is CC[C@@H](N(NC(=O)c1cccc(OC)c1C)C(=O)c1ccc(C=O)c(B2OC(C)(C)C(C)(C)O2)c1)C(C)(C)C. The van der Waals surface area contributed by atoms with Crippen molar-refractivity contribution in [2.24, 2.45) is 5.41 Å². The van der Waals surface area contributed by atoms with Gasteiger partial charge in [-0.2, -0.15) is 0 Å². The third-order valence-corrected chi connectivity index (χ3v) is 7.86. The largest absolute Gasteiger partial charge is 0.496 e. The van der Waals surface area contributed by atoms with Crippen LogP contribution in [0.1, 0.15) is 98.4 Å². The highest BCUT2D eigenvalue weighted by Crippen LogP contribution is 2.37. The van der Waals surface area contributed by atoms with Crippen molar-refractivity contribution >= 4 is 30.7 Å². The molecule has 2 aromatic carbocycles. The zero-order chi connectivity index (χ0) is 29.3. The number of nitrogens with zero attached hydrogens (tertiary/aromatic N) is 1. The summed E-state index contributed by atoms with van der Waals surface area (Å²) >= 11 is 0. The maximum absolute atomic E-state index is 14.1. The van der Waals surface area contributed by atoms with Gasteiger partial charge < -0.3 is 14.0 Å². The Morgan fingerprint density at radius 1 is 1.10 bits per heavy atom. The number of methoxy groups -OCH3 is 1. The van der Waals surface area contributed by atoms with Crippen LogP contribution in [0.2, 0.25) is 0 Å². The van der Waals surface area contributed by atoms with Gasteiger partial charge >= 0.3 is 7.12 Å². The number of rotatable bonds is 7. The Balaban J connectivity index is 2.05. The lowest BCUT2D eigenvalue weighted by Gasteiger charge is -2.39. The molecule has 210 valence electrons. The topological polar surface area (TPSA) is 94.2 Å². The van der Waals surface area contributed by atoms with E-state index in [1.807, 2.05) is 55.4 Å². The second kappa shape index (κ2) is 11.1. The first-order valence-corrected chi connectivity index (χ1v) is 13.3. The van der Waals surface area contributed by atoms with Crippen molar-refractivity contribution in [1.29, 1.82) is 0 Å². The number of carbonyl (C=O) groups excluding carboxylic acids is 3. The predicted molar refractivity (Wildman–Crippen MR) is 152 cm³/mol. The standard InChI is InChI=1S/C30H41BN2O6/c1-11-25(28(3,4)5)33(32-26(35)22-13-12-14-24(37-10)19(22)2)27(36)20-15-16-21(18-34)23(17-20)31-38-29(6,7)30(8,9)39-31/h12-18,25H,11H2,1-10H3,(H,32,35)/t25-/m1/s1. The van der Waals surface area contributed by atoms with E-state index in [2.05, 4.69) is 5.43 Å². The Bertz CT molecular complexity index is 1230. The number of carbonyl (C=O) groups is 3. The summed E-state index contributed by atoms with van der Waals surface area (Å²) in [6.45, 7) is 17.6. The second-order valence-corrected chi connectivity index (χ2v) is 12.1.